The number of fused-ring (bicyclic) bond motifs is 1. The second-order valence-corrected chi connectivity index (χ2v) is 9.03. The summed E-state index contributed by atoms with van der Waals surface area (Å²) in [7, 11) is 0. The summed E-state index contributed by atoms with van der Waals surface area (Å²) in [5, 5.41) is 16.1. The summed E-state index contributed by atoms with van der Waals surface area (Å²) in [6, 6.07) is 17.7. The summed E-state index contributed by atoms with van der Waals surface area (Å²) in [6.07, 6.45) is 5.86. The first kappa shape index (κ1) is 21.5. The third-order valence-electron chi connectivity index (χ3n) is 6.04. The number of rotatable bonds is 4. The molecular formula is C26H21Cl2N5. The number of pyridine rings is 1. The average Bonchev–Trinajstić information content (AvgIpc) is 3.24. The van der Waals surface area contributed by atoms with E-state index in [9.17, 15) is 5.26 Å². The lowest BCUT2D eigenvalue weighted by Gasteiger charge is -2.20. The maximum absolute atomic E-state index is 10.0. The van der Waals surface area contributed by atoms with Gasteiger partial charge in [0, 0.05) is 38.6 Å². The molecule has 7 heteroatoms. The van der Waals surface area contributed by atoms with Crippen molar-refractivity contribution < 1.29 is 0 Å². The van der Waals surface area contributed by atoms with E-state index in [4.69, 9.17) is 34.0 Å². The molecule has 0 radical (unpaired) electrons. The standard InChI is InChI=1S/C26H21Cl2N5/c27-18-11-10-17(22(28)12-18)14-33-15-21(25(32-33)16-6-2-1-3-7-16)24-19-8-4-5-9-23(19)31-26(30)20(24)13-29/h1-3,6-7,10-12,15H,4-5,8-9,14H2,(H2,30,31). The average molecular weight is 474 g/mol. The first-order valence-corrected chi connectivity index (χ1v) is 11.6. The first-order valence-electron chi connectivity index (χ1n) is 10.8. The Morgan fingerprint density at radius 3 is 2.61 bits per heavy atom. The van der Waals surface area contributed by atoms with Crippen LogP contribution in [-0.2, 0) is 19.4 Å². The molecular weight excluding hydrogens is 453 g/mol. The van der Waals surface area contributed by atoms with Crippen LogP contribution in [0.3, 0.4) is 0 Å². The number of anilines is 1. The molecule has 5 rings (SSSR count). The van der Waals surface area contributed by atoms with Crippen molar-refractivity contribution >= 4 is 29.0 Å². The zero-order valence-electron chi connectivity index (χ0n) is 17.9. The fraction of sp³-hybridized carbons (Fsp3) is 0.192. The maximum Gasteiger partial charge on any atom is 0.142 e. The minimum atomic E-state index is 0.278. The lowest BCUT2D eigenvalue weighted by Crippen LogP contribution is -2.12. The van der Waals surface area contributed by atoms with Gasteiger partial charge in [-0.1, -0.05) is 59.6 Å². The van der Waals surface area contributed by atoms with Crippen LogP contribution in [0.5, 0.6) is 0 Å². The van der Waals surface area contributed by atoms with Crippen molar-refractivity contribution in [2.24, 2.45) is 0 Å². The predicted octanol–water partition coefficient (Wildman–Crippen LogP) is 6.30. The third kappa shape index (κ3) is 4.08. The molecule has 2 aromatic heterocycles. The highest BCUT2D eigenvalue weighted by atomic mass is 35.5. The molecule has 0 unspecified atom stereocenters. The van der Waals surface area contributed by atoms with Gasteiger partial charge in [0.2, 0.25) is 0 Å². The van der Waals surface area contributed by atoms with Crippen LogP contribution in [0.25, 0.3) is 22.4 Å². The normalized spacial score (nSPS) is 12.9. The van der Waals surface area contributed by atoms with E-state index in [1.807, 2.05) is 53.3 Å². The molecule has 5 nitrogen and oxygen atoms in total. The molecule has 33 heavy (non-hydrogen) atoms. The van der Waals surface area contributed by atoms with Crippen LogP contribution in [0.15, 0.2) is 54.7 Å². The number of hydrogen-bond acceptors (Lipinski definition) is 4. The SMILES string of the molecule is N#Cc1c(N)nc2c(c1-c1cn(Cc3ccc(Cl)cc3Cl)nc1-c1ccccc1)CCCC2. The molecule has 0 spiro atoms. The van der Waals surface area contributed by atoms with Gasteiger partial charge in [-0.05, 0) is 48.9 Å². The molecule has 1 aliphatic rings. The molecule has 2 N–H and O–H groups in total. The molecule has 164 valence electrons. The highest BCUT2D eigenvalue weighted by Gasteiger charge is 2.26. The van der Waals surface area contributed by atoms with Crippen LogP contribution in [0.2, 0.25) is 10.0 Å². The van der Waals surface area contributed by atoms with E-state index in [1.165, 1.54) is 0 Å². The van der Waals surface area contributed by atoms with Crippen LogP contribution in [0.4, 0.5) is 5.82 Å². The lowest BCUT2D eigenvalue weighted by atomic mass is 9.86. The Bertz CT molecular complexity index is 1390. The second-order valence-electron chi connectivity index (χ2n) is 8.18. The summed E-state index contributed by atoms with van der Waals surface area (Å²) in [5.74, 6) is 0.278. The van der Waals surface area contributed by atoms with Crippen molar-refractivity contribution in [2.45, 2.75) is 32.2 Å². The van der Waals surface area contributed by atoms with Gasteiger partial charge < -0.3 is 5.73 Å². The van der Waals surface area contributed by atoms with Crippen molar-refractivity contribution in [2.75, 3.05) is 5.73 Å². The summed E-state index contributed by atoms with van der Waals surface area (Å²) >= 11 is 12.5. The summed E-state index contributed by atoms with van der Waals surface area (Å²) in [5.41, 5.74) is 13.2. The maximum atomic E-state index is 10.0. The topological polar surface area (TPSA) is 80.5 Å². The number of nitriles is 1. The zero-order valence-corrected chi connectivity index (χ0v) is 19.4. The van der Waals surface area contributed by atoms with Crippen molar-refractivity contribution in [1.29, 1.82) is 5.26 Å². The highest BCUT2D eigenvalue weighted by Crippen LogP contribution is 2.40. The van der Waals surface area contributed by atoms with Crippen molar-refractivity contribution in [3.8, 4) is 28.5 Å². The zero-order chi connectivity index (χ0) is 22.9. The summed E-state index contributed by atoms with van der Waals surface area (Å²) < 4.78 is 1.86. The van der Waals surface area contributed by atoms with Crippen molar-refractivity contribution in [3.63, 3.8) is 0 Å². The Hall–Kier alpha value is -3.33. The predicted molar refractivity (Wildman–Crippen MR) is 132 cm³/mol. The number of nitrogens with zero attached hydrogens (tertiary/aromatic N) is 4. The monoisotopic (exact) mass is 473 g/mol. The Balaban J connectivity index is 1.72. The smallest absolute Gasteiger partial charge is 0.142 e. The van der Waals surface area contributed by atoms with Crippen molar-refractivity contribution in [1.82, 2.24) is 14.8 Å². The molecule has 0 aliphatic heterocycles. The van der Waals surface area contributed by atoms with E-state index < -0.39 is 0 Å². The quantitative estimate of drug-likeness (QED) is 0.376. The Morgan fingerprint density at radius 1 is 1.06 bits per heavy atom. The first-order chi connectivity index (χ1) is 16.0. The third-order valence-corrected chi connectivity index (χ3v) is 6.63. The molecule has 0 fully saturated rings. The number of hydrogen-bond donors (Lipinski definition) is 1. The van der Waals surface area contributed by atoms with E-state index in [-0.39, 0.29) is 5.82 Å². The molecule has 0 atom stereocenters. The van der Waals surface area contributed by atoms with Crippen LogP contribution in [0.1, 0.15) is 35.2 Å². The number of aromatic nitrogens is 3. The van der Waals surface area contributed by atoms with Gasteiger partial charge in [0.25, 0.3) is 0 Å². The minimum absolute atomic E-state index is 0.278. The fourth-order valence-corrected chi connectivity index (χ4v) is 4.96. The van der Waals surface area contributed by atoms with Gasteiger partial charge in [-0.15, -0.1) is 0 Å². The second kappa shape index (κ2) is 8.90. The summed E-state index contributed by atoms with van der Waals surface area (Å²) in [6.45, 7) is 0.473. The number of halogens is 2. The van der Waals surface area contributed by atoms with E-state index in [0.717, 1.165) is 64.9 Å². The van der Waals surface area contributed by atoms with Crippen LogP contribution < -0.4 is 5.73 Å². The number of benzene rings is 2. The molecule has 0 saturated carbocycles. The molecule has 0 bridgehead atoms. The molecule has 2 heterocycles. The van der Waals surface area contributed by atoms with Crippen LogP contribution in [0, 0.1) is 11.3 Å². The van der Waals surface area contributed by atoms with Gasteiger partial charge in [0.1, 0.15) is 23.1 Å². The minimum Gasteiger partial charge on any atom is -0.383 e. The van der Waals surface area contributed by atoms with Crippen LogP contribution >= 0.6 is 23.2 Å². The van der Waals surface area contributed by atoms with Gasteiger partial charge >= 0.3 is 0 Å². The van der Waals surface area contributed by atoms with E-state index >= 15 is 0 Å². The molecule has 2 aromatic carbocycles. The molecule has 0 amide bonds. The van der Waals surface area contributed by atoms with Crippen molar-refractivity contribution in [3.05, 3.63) is 87.2 Å². The van der Waals surface area contributed by atoms with Crippen LogP contribution in [-0.4, -0.2) is 14.8 Å². The molecule has 1 aliphatic carbocycles. The number of aryl methyl sites for hydroxylation is 1. The Kier molecular flexibility index (Phi) is 5.80. The van der Waals surface area contributed by atoms with Gasteiger partial charge in [-0.2, -0.15) is 10.4 Å². The van der Waals surface area contributed by atoms with E-state index in [2.05, 4.69) is 11.1 Å². The Labute approximate surface area is 202 Å². The van der Waals surface area contributed by atoms with Gasteiger partial charge in [0.05, 0.1) is 6.54 Å². The Morgan fingerprint density at radius 2 is 1.85 bits per heavy atom. The largest absolute Gasteiger partial charge is 0.383 e. The van der Waals surface area contributed by atoms with E-state index in [0.29, 0.717) is 22.2 Å². The lowest BCUT2D eigenvalue weighted by molar-refractivity contribution is 0.669. The number of nitrogens with two attached hydrogens (primary N) is 1. The highest BCUT2D eigenvalue weighted by molar-refractivity contribution is 6.35. The number of nitrogen functional groups attached to an aromatic ring is 1. The van der Waals surface area contributed by atoms with Gasteiger partial charge in [-0.3, -0.25) is 4.68 Å². The van der Waals surface area contributed by atoms with Gasteiger partial charge in [-0.25, -0.2) is 4.98 Å². The fourth-order valence-electron chi connectivity index (χ4n) is 4.49. The molecule has 4 aromatic rings. The summed E-state index contributed by atoms with van der Waals surface area (Å²) in [4.78, 5) is 4.57. The molecule has 0 saturated heterocycles. The van der Waals surface area contributed by atoms with Gasteiger partial charge in [0.15, 0.2) is 0 Å². The van der Waals surface area contributed by atoms with E-state index in [1.54, 1.807) is 6.07 Å².